The van der Waals surface area contributed by atoms with Gasteiger partial charge >= 0.3 is 0 Å². The van der Waals surface area contributed by atoms with Crippen LogP contribution in [0.4, 0.5) is 0 Å². The van der Waals surface area contributed by atoms with Crippen LogP contribution in [0, 0.1) is 0 Å². The van der Waals surface area contributed by atoms with Gasteiger partial charge in [-0.05, 0) is 24.9 Å². The zero-order chi connectivity index (χ0) is 14.0. The number of hydrogen-bond donors (Lipinski definition) is 0. The van der Waals surface area contributed by atoms with Crippen molar-refractivity contribution in [3.8, 4) is 0 Å². The molecule has 1 aromatic heterocycles. The van der Waals surface area contributed by atoms with Gasteiger partial charge in [0, 0.05) is 30.6 Å². The van der Waals surface area contributed by atoms with E-state index in [4.69, 9.17) is 11.6 Å². The van der Waals surface area contributed by atoms with Gasteiger partial charge in [0.1, 0.15) is 0 Å². The number of halogens is 1. The quantitative estimate of drug-likeness (QED) is 0.798. The van der Waals surface area contributed by atoms with Crippen molar-refractivity contribution in [1.29, 1.82) is 0 Å². The molecule has 4 nitrogen and oxygen atoms in total. The average molecular weight is 323 g/mol. The second kappa shape index (κ2) is 6.10. The average Bonchev–Trinajstić information content (AvgIpc) is 2.87. The monoisotopic (exact) mass is 322 g/mol. The first-order chi connectivity index (χ1) is 9.00. The molecule has 0 saturated carbocycles. The molecule has 1 aliphatic rings. The van der Waals surface area contributed by atoms with Crippen molar-refractivity contribution >= 4 is 33.0 Å². The van der Waals surface area contributed by atoms with Gasteiger partial charge in [-0.25, -0.2) is 8.42 Å². The third kappa shape index (κ3) is 2.97. The summed E-state index contributed by atoms with van der Waals surface area (Å²) in [6, 6.07) is 1.92. The van der Waals surface area contributed by atoms with E-state index < -0.39 is 10.0 Å². The molecule has 0 spiro atoms. The van der Waals surface area contributed by atoms with Crippen LogP contribution >= 0.6 is 22.9 Å². The number of hydrogen-bond acceptors (Lipinski definition) is 4. The molecule has 0 N–H and O–H groups in total. The Bertz CT molecular complexity index is 530. The van der Waals surface area contributed by atoms with Gasteiger partial charge in [0.2, 0.25) is 10.0 Å². The molecule has 0 radical (unpaired) electrons. The van der Waals surface area contributed by atoms with Crippen molar-refractivity contribution in [3.63, 3.8) is 0 Å². The highest BCUT2D eigenvalue weighted by Gasteiger charge is 2.33. The third-order valence-corrected chi connectivity index (χ3v) is 7.00. The molecule has 1 aromatic rings. The zero-order valence-corrected chi connectivity index (χ0v) is 13.6. The lowest BCUT2D eigenvalue weighted by atomic mass is 10.2. The lowest BCUT2D eigenvalue weighted by Gasteiger charge is -2.38. The smallest absolute Gasteiger partial charge is 0.244 e. The van der Waals surface area contributed by atoms with Gasteiger partial charge in [0.25, 0.3) is 0 Å². The lowest BCUT2D eigenvalue weighted by Crippen LogP contribution is -2.53. The van der Waals surface area contributed by atoms with Crippen molar-refractivity contribution in [2.75, 3.05) is 26.2 Å². The largest absolute Gasteiger partial charge is 0.298 e. The number of alkyl halides is 1. The number of rotatable bonds is 4. The number of likely N-dealkylation sites (N-methyl/N-ethyl adjacent to an activating group) is 1. The normalized spacial score (nSPS) is 22.8. The summed E-state index contributed by atoms with van der Waals surface area (Å²) >= 11 is 7.21. The van der Waals surface area contributed by atoms with Gasteiger partial charge in [-0.15, -0.1) is 22.9 Å². The second-order valence-electron chi connectivity index (χ2n) is 4.68. The second-order valence-corrected chi connectivity index (χ2v) is 7.86. The van der Waals surface area contributed by atoms with E-state index in [0.717, 1.165) is 18.0 Å². The molecule has 2 heterocycles. The number of nitrogens with zero attached hydrogens (tertiary/aromatic N) is 2. The van der Waals surface area contributed by atoms with Crippen LogP contribution in [0.5, 0.6) is 0 Å². The maximum Gasteiger partial charge on any atom is 0.244 e. The predicted octanol–water partition coefficient (Wildman–Crippen LogP) is 2.20. The lowest BCUT2D eigenvalue weighted by molar-refractivity contribution is 0.135. The van der Waals surface area contributed by atoms with Crippen molar-refractivity contribution in [1.82, 2.24) is 9.21 Å². The summed E-state index contributed by atoms with van der Waals surface area (Å²) in [5.41, 5.74) is 0. The molecule has 0 aliphatic carbocycles. The Morgan fingerprint density at radius 2 is 2.21 bits per heavy atom. The molecule has 1 fully saturated rings. The van der Waals surface area contributed by atoms with Crippen molar-refractivity contribution in [2.45, 2.75) is 30.7 Å². The summed E-state index contributed by atoms with van der Waals surface area (Å²) in [5.74, 6) is 0.247. The summed E-state index contributed by atoms with van der Waals surface area (Å²) in [4.78, 5) is 3.40. The van der Waals surface area contributed by atoms with Gasteiger partial charge in [-0.3, -0.25) is 4.90 Å². The van der Waals surface area contributed by atoms with Crippen LogP contribution in [0.3, 0.4) is 0 Å². The van der Waals surface area contributed by atoms with Crippen molar-refractivity contribution in [3.05, 3.63) is 16.3 Å². The van der Waals surface area contributed by atoms with Crippen LogP contribution in [-0.2, 0) is 15.9 Å². The van der Waals surface area contributed by atoms with E-state index in [1.54, 1.807) is 15.8 Å². The first-order valence-corrected chi connectivity index (χ1v) is 9.22. The van der Waals surface area contributed by atoms with Gasteiger partial charge in [0.05, 0.1) is 10.8 Å². The topological polar surface area (TPSA) is 40.6 Å². The maximum absolute atomic E-state index is 12.6. The Morgan fingerprint density at radius 1 is 1.47 bits per heavy atom. The highest BCUT2D eigenvalue weighted by atomic mass is 35.5. The minimum absolute atomic E-state index is 0.247. The Kier molecular flexibility index (Phi) is 4.89. The Labute approximate surface area is 124 Å². The summed E-state index contributed by atoms with van der Waals surface area (Å²) in [6.07, 6.45) is 0. The third-order valence-electron chi connectivity index (χ3n) is 3.58. The van der Waals surface area contributed by atoms with E-state index in [1.807, 2.05) is 0 Å². The molecular weight excluding hydrogens is 304 g/mol. The highest BCUT2D eigenvalue weighted by Crippen LogP contribution is 2.27. The minimum atomic E-state index is -3.39. The first-order valence-electron chi connectivity index (χ1n) is 6.37. The van der Waals surface area contributed by atoms with E-state index in [-0.39, 0.29) is 11.9 Å². The van der Waals surface area contributed by atoms with Crippen LogP contribution < -0.4 is 0 Å². The van der Waals surface area contributed by atoms with Gasteiger partial charge in [0.15, 0.2) is 0 Å². The minimum Gasteiger partial charge on any atom is -0.298 e. The van der Waals surface area contributed by atoms with Crippen LogP contribution in [-0.4, -0.2) is 49.8 Å². The van der Waals surface area contributed by atoms with Gasteiger partial charge in [-0.1, -0.05) is 6.92 Å². The summed E-state index contributed by atoms with van der Waals surface area (Å²) in [6.45, 7) is 7.02. The molecule has 1 aliphatic heterocycles. The zero-order valence-electron chi connectivity index (χ0n) is 11.2. The molecular formula is C12H19ClN2O2S2. The Hall–Kier alpha value is -0.140. The van der Waals surface area contributed by atoms with Gasteiger partial charge in [-0.2, -0.15) is 4.31 Å². The molecule has 0 bridgehead atoms. The maximum atomic E-state index is 12.6. The van der Waals surface area contributed by atoms with E-state index in [9.17, 15) is 8.42 Å². The van der Waals surface area contributed by atoms with E-state index in [0.29, 0.717) is 18.0 Å². The van der Waals surface area contributed by atoms with E-state index in [1.165, 1.54) is 11.3 Å². The molecule has 0 aromatic carbocycles. The van der Waals surface area contributed by atoms with Crippen LogP contribution in [0.25, 0.3) is 0 Å². The first kappa shape index (κ1) is 15.3. The number of piperazine rings is 1. The molecule has 1 unspecified atom stereocenters. The van der Waals surface area contributed by atoms with Crippen molar-refractivity contribution in [2.24, 2.45) is 0 Å². The highest BCUT2D eigenvalue weighted by molar-refractivity contribution is 7.89. The fourth-order valence-corrected chi connectivity index (χ4v) is 5.63. The summed E-state index contributed by atoms with van der Waals surface area (Å²) in [7, 11) is -3.39. The van der Waals surface area contributed by atoms with Crippen LogP contribution in [0.15, 0.2) is 16.3 Å². The van der Waals surface area contributed by atoms with E-state index in [2.05, 4.69) is 18.7 Å². The molecule has 1 atom stereocenters. The molecule has 2 rings (SSSR count). The number of thiophene rings is 1. The molecule has 0 amide bonds. The predicted molar refractivity (Wildman–Crippen MR) is 79.3 cm³/mol. The summed E-state index contributed by atoms with van der Waals surface area (Å²) < 4.78 is 26.8. The molecule has 1 saturated heterocycles. The fraction of sp³-hybridized carbons (Fsp3) is 0.667. The Morgan fingerprint density at radius 3 is 2.79 bits per heavy atom. The van der Waals surface area contributed by atoms with E-state index >= 15 is 0 Å². The fourth-order valence-electron chi connectivity index (χ4n) is 2.45. The van der Waals surface area contributed by atoms with Crippen molar-refractivity contribution < 1.29 is 8.42 Å². The van der Waals surface area contributed by atoms with Crippen LogP contribution in [0.1, 0.15) is 18.7 Å². The molecule has 7 heteroatoms. The molecule has 19 heavy (non-hydrogen) atoms. The van der Waals surface area contributed by atoms with Gasteiger partial charge < -0.3 is 0 Å². The Balaban J connectivity index is 2.22. The standard InChI is InChI=1S/C12H19ClN2O2S2/c1-3-14-5-6-15(9-10(14)2)19(16,17)12-4-7-18-11(12)8-13/h4,7,10H,3,5-6,8-9H2,1-2H3. The molecule has 108 valence electrons. The SMILES string of the molecule is CCN1CCN(S(=O)(=O)c2ccsc2CCl)CC1C. The number of sulfonamides is 1. The van der Waals surface area contributed by atoms with Crippen LogP contribution in [0.2, 0.25) is 0 Å². The summed E-state index contributed by atoms with van der Waals surface area (Å²) in [5, 5.41) is 1.79.